The maximum Gasteiger partial charge on any atom is 0.327 e. The average Bonchev–Trinajstić information content (AvgIpc) is 3.19. The van der Waals surface area contributed by atoms with Crippen LogP contribution in [0.15, 0.2) is 12.5 Å². The molecule has 1 fully saturated rings. The second-order valence-corrected chi connectivity index (χ2v) is 5.54. The number of anilines is 1. The molecule has 2 heterocycles. The number of hydrogen-bond acceptors (Lipinski definition) is 6. The van der Waals surface area contributed by atoms with Crippen molar-refractivity contribution in [3.8, 4) is 0 Å². The summed E-state index contributed by atoms with van der Waals surface area (Å²) in [4.78, 5) is 22.6. The van der Waals surface area contributed by atoms with E-state index in [1.807, 2.05) is 0 Å². The summed E-state index contributed by atoms with van der Waals surface area (Å²) < 4.78 is 6.26. The molecule has 2 aromatic heterocycles. The topological polar surface area (TPSA) is 73.1 Å². The minimum atomic E-state index is -0.340. The summed E-state index contributed by atoms with van der Waals surface area (Å²) in [5, 5.41) is 5.16. The van der Waals surface area contributed by atoms with Gasteiger partial charge in [-0.3, -0.25) is 4.79 Å². The minimum absolute atomic E-state index is 0.0615. The summed E-state index contributed by atoms with van der Waals surface area (Å²) >= 11 is 0. The summed E-state index contributed by atoms with van der Waals surface area (Å²) in [6.45, 7) is 3.11. The zero-order valence-corrected chi connectivity index (χ0v) is 13.0. The Morgan fingerprint density at radius 1 is 1.41 bits per heavy atom. The van der Waals surface area contributed by atoms with Gasteiger partial charge in [-0.15, -0.1) is 0 Å². The van der Waals surface area contributed by atoms with Crippen LogP contribution in [0.3, 0.4) is 0 Å². The van der Waals surface area contributed by atoms with Crippen LogP contribution in [0, 0.1) is 0 Å². The molecule has 7 heteroatoms. The van der Waals surface area contributed by atoms with E-state index < -0.39 is 0 Å². The molecule has 0 atom stereocenters. The molecular formula is C15H21N5O2. The fourth-order valence-corrected chi connectivity index (χ4v) is 3.21. The number of fused-ring (bicyclic) bond motifs is 1. The number of carbonyl (C=O) groups excluding carboxylic acids is 1. The largest absolute Gasteiger partial charge is 0.468 e. The van der Waals surface area contributed by atoms with Crippen molar-refractivity contribution in [2.45, 2.75) is 45.2 Å². The predicted octanol–water partition coefficient (Wildman–Crippen LogP) is 1.77. The van der Waals surface area contributed by atoms with E-state index in [0.717, 1.165) is 17.7 Å². The number of esters is 1. The molecule has 0 aromatic carbocycles. The van der Waals surface area contributed by atoms with Gasteiger partial charge in [-0.1, -0.05) is 12.8 Å². The Hall–Kier alpha value is -2.18. The fraction of sp³-hybridized carbons (Fsp3) is 0.600. The molecule has 22 heavy (non-hydrogen) atoms. The van der Waals surface area contributed by atoms with Crippen LogP contribution in [0.1, 0.15) is 32.6 Å². The van der Waals surface area contributed by atoms with E-state index in [1.165, 1.54) is 32.8 Å². The molecule has 0 N–H and O–H groups in total. The molecule has 7 nitrogen and oxygen atoms in total. The molecule has 1 saturated carbocycles. The van der Waals surface area contributed by atoms with E-state index in [4.69, 9.17) is 4.74 Å². The van der Waals surface area contributed by atoms with Crippen LogP contribution in [0.4, 0.5) is 5.82 Å². The summed E-state index contributed by atoms with van der Waals surface area (Å²) in [5.74, 6) is 0.573. The molecule has 1 aliphatic carbocycles. The van der Waals surface area contributed by atoms with Crippen molar-refractivity contribution >= 4 is 22.8 Å². The highest BCUT2D eigenvalue weighted by molar-refractivity contribution is 5.87. The van der Waals surface area contributed by atoms with Crippen LogP contribution in [0.5, 0.6) is 0 Å². The fourth-order valence-electron chi connectivity index (χ4n) is 3.21. The quantitative estimate of drug-likeness (QED) is 0.784. The Bertz CT molecular complexity index is 663. The van der Waals surface area contributed by atoms with Gasteiger partial charge in [0.1, 0.15) is 18.7 Å². The van der Waals surface area contributed by atoms with Crippen LogP contribution in [0.2, 0.25) is 0 Å². The van der Waals surface area contributed by atoms with Crippen LogP contribution in [-0.2, 0) is 16.1 Å². The second-order valence-electron chi connectivity index (χ2n) is 5.54. The molecule has 0 radical (unpaired) electrons. The van der Waals surface area contributed by atoms with Gasteiger partial charge in [0.15, 0.2) is 5.65 Å². The van der Waals surface area contributed by atoms with E-state index in [-0.39, 0.29) is 12.5 Å². The van der Waals surface area contributed by atoms with Crippen LogP contribution < -0.4 is 4.90 Å². The Labute approximate surface area is 129 Å². The normalized spacial score (nSPS) is 15.4. The summed E-state index contributed by atoms with van der Waals surface area (Å²) in [6.07, 6.45) is 8.25. The van der Waals surface area contributed by atoms with Crippen LogP contribution >= 0.6 is 0 Å². The Kier molecular flexibility index (Phi) is 4.22. The summed E-state index contributed by atoms with van der Waals surface area (Å²) in [5.41, 5.74) is 0.673. The van der Waals surface area contributed by atoms with E-state index in [2.05, 4.69) is 26.9 Å². The van der Waals surface area contributed by atoms with Crippen molar-refractivity contribution in [3.05, 3.63) is 12.5 Å². The minimum Gasteiger partial charge on any atom is -0.468 e. The van der Waals surface area contributed by atoms with Crippen LogP contribution in [-0.4, -0.2) is 45.4 Å². The van der Waals surface area contributed by atoms with Crippen molar-refractivity contribution in [1.82, 2.24) is 19.7 Å². The number of carbonyl (C=O) groups is 1. The molecule has 0 saturated heterocycles. The highest BCUT2D eigenvalue weighted by atomic mass is 16.5. The number of ether oxygens (including phenoxy) is 1. The second kappa shape index (κ2) is 6.29. The molecule has 0 bridgehead atoms. The first-order valence-corrected chi connectivity index (χ1v) is 7.74. The van der Waals surface area contributed by atoms with Gasteiger partial charge in [0.2, 0.25) is 0 Å². The molecule has 118 valence electrons. The zero-order valence-electron chi connectivity index (χ0n) is 13.0. The SMILES string of the molecule is CCN(c1ncnc2c1cnn2CC(=O)OC)C1CCCC1. The molecule has 1 aliphatic rings. The van der Waals surface area contributed by atoms with Crippen molar-refractivity contribution in [2.75, 3.05) is 18.6 Å². The average molecular weight is 303 g/mol. The van der Waals surface area contributed by atoms with E-state index in [9.17, 15) is 4.79 Å². The van der Waals surface area contributed by atoms with Gasteiger partial charge >= 0.3 is 5.97 Å². The summed E-state index contributed by atoms with van der Waals surface area (Å²) in [6, 6.07) is 0.534. The Balaban J connectivity index is 1.97. The van der Waals surface area contributed by atoms with E-state index in [0.29, 0.717) is 11.7 Å². The van der Waals surface area contributed by atoms with Gasteiger partial charge in [0.25, 0.3) is 0 Å². The third kappa shape index (κ3) is 2.63. The highest BCUT2D eigenvalue weighted by Crippen LogP contribution is 2.30. The van der Waals surface area contributed by atoms with Gasteiger partial charge in [-0.2, -0.15) is 5.10 Å². The first kappa shape index (κ1) is 14.7. The van der Waals surface area contributed by atoms with Crippen molar-refractivity contribution in [2.24, 2.45) is 0 Å². The zero-order chi connectivity index (χ0) is 15.5. The third-order valence-electron chi connectivity index (χ3n) is 4.30. The van der Waals surface area contributed by atoms with Gasteiger partial charge < -0.3 is 9.64 Å². The number of aromatic nitrogens is 4. The number of rotatable bonds is 5. The number of hydrogen-bond donors (Lipinski definition) is 0. The predicted molar refractivity (Wildman–Crippen MR) is 82.6 cm³/mol. The molecule has 2 aromatic rings. The van der Waals surface area contributed by atoms with Gasteiger partial charge in [-0.25, -0.2) is 14.6 Å². The lowest BCUT2D eigenvalue weighted by molar-refractivity contribution is -0.141. The standard InChI is InChI=1S/C15H21N5O2/c1-3-19(11-6-4-5-7-11)14-12-8-18-20(9-13(21)22-2)15(12)17-10-16-14/h8,10-11H,3-7,9H2,1-2H3. The number of nitrogens with zero attached hydrogens (tertiary/aromatic N) is 5. The van der Waals surface area contributed by atoms with Gasteiger partial charge in [0, 0.05) is 12.6 Å². The molecule has 0 spiro atoms. The van der Waals surface area contributed by atoms with Crippen LogP contribution in [0.25, 0.3) is 11.0 Å². The highest BCUT2D eigenvalue weighted by Gasteiger charge is 2.25. The first-order chi connectivity index (χ1) is 10.7. The molecule has 0 unspecified atom stereocenters. The lowest BCUT2D eigenvalue weighted by Crippen LogP contribution is -2.33. The van der Waals surface area contributed by atoms with Gasteiger partial charge in [0.05, 0.1) is 18.7 Å². The third-order valence-corrected chi connectivity index (χ3v) is 4.30. The Morgan fingerprint density at radius 2 is 2.18 bits per heavy atom. The van der Waals surface area contributed by atoms with Gasteiger partial charge in [-0.05, 0) is 19.8 Å². The smallest absolute Gasteiger partial charge is 0.327 e. The molecular weight excluding hydrogens is 282 g/mol. The lowest BCUT2D eigenvalue weighted by Gasteiger charge is -2.29. The van der Waals surface area contributed by atoms with Crippen molar-refractivity contribution in [3.63, 3.8) is 0 Å². The van der Waals surface area contributed by atoms with E-state index in [1.54, 1.807) is 17.2 Å². The van der Waals surface area contributed by atoms with Crippen molar-refractivity contribution < 1.29 is 9.53 Å². The first-order valence-electron chi connectivity index (χ1n) is 7.74. The number of methoxy groups -OCH3 is 1. The lowest BCUT2D eigenvalue weighted by atomic mass is 10.2. The maximum atomic E-state index is 11.5. The molecule has 0 amide bonds. The van der Waals surface area contributed by atoms with E-state index >= 15 is 0 Å². The molecule has 0 aliphatic heterocycles. The monoisotopic (exact) mass is 303 g/mol. The Morgan fingerprint density at radius 3 is 2.86 bits per heavy atom. The molecule has 3 rings (SSSR count). The summed E-state index contributed by atoms with van der Waals surface area (Å²) in [7, 11) is 1.37. The maximum absolute atomic E-state index is 11.5. The van der Waals surface area contributed by atoms with Crippen molar-refractivity contribution in [1.29, 1.82) is 0 Å².